The molecule has 0 N–H and O–H groups in total. The van der Waals surface area contributed by atoms with Crippen LogP contribution in [-0.4, -0.2) is 22.1 Å². The van der Waals surface area contributed by atoms with E-state index < -0.39 is 43.6 Å². The lowest BCUT2D eigenvalue weighted by Gasteiger charge is -2.12. The van der Waals surface area contributed by atoms with E-state index in [4.69, 9.17) is 14.3 Å². The molecule has 2 atom stereocenters. The van der Waals surface area contributed by atoms with Gasteiger partial charge in [-0.05, 0) is 12.8 Å². The highest BCUT2D eigenvalue weighted by Crippen LogP contribution is 2.27. The minimum atomic E-state index is -2.39. The number of carbonyl (C=O) groups excluding carboxylic acids is 1. The number of hydrogen-bond donors (Lipinski definition) is 0. The molecule has 0 bridgehead atoms. The van der Waals surface area contributed by atoms with Gasteiger partial charge in [0.05, 0.1) is 20.2 Å². The Kier molecular flexibility index (Phi) is 1.26. The quantitative estimate of drug-likeness (QED) is 0.711. The molecule has 2 rings (SSSR count). The Morgan fingerprint density at radius 1 is 1.93 bits per heavy atom. The number of aromatic nitrogens is 2. The number of hydrogen-bond acceptors (Lipinski definition) is 3. The average molecular weight is 215 g/mol. The summed E-state index contributed by atoms with van der Waals surface area (Å²) in [5, 5.41) is 0. The monoisotopic (exact) mass is 215 g/mol. The molecule has 0 amide bonds. The first-order chi connectivity index (χ1) is 9.95. The Labute approximate surface area is 99.1 Å². The van der Waals surface area contributed by atoms with Crippen LogP contribution in [-0.2, 0) is 23.0 Å². The van der Waals surface area contributed by atoms with Crippen molar-refractivity contribution in [2.75, 3.05) is 6.61 Å². The highest BCUT2D eigenvalue weighted by atomic mass is 16.5. The highest BCUT2D eigenvalue weighted by Gasteiger charge is 2.35. The number of rotatable bonds is 3. The number of nitrogens with zero attached hydrogens (tertiary/aromatic N) is 2. The van der Waals surface area contributed by atoms with Gasteiger partial charge in [-0.2, -0.15) is 0 Å². The summed E-state index contributed by atoms with van der Waals surface area (Å²) in [6.45, 7) is -2.65. The van der Waals surface area contributed by atoms with Gasteiger partial charge in [-0.3, -0.25) is 4.79 Å². The molecule has 4 nitrogen and oxygen atoms in total. The SMILES string of the molecule is [2H]c1nc([2H])n(C)c1C([2H])([2H])[C@H]1COC(=O)[C@H]1CC([2H])([2H])[2H]. The van der Waals surface area contributed by atoms with Gasteiger partial charge in [0.2, 0.25) is 0 Å². The molecule has 0 aromatic carbocycles. The van der Waals surface area contributed by atoms with E-state index >= 15 is 0 Å². The largest absolute Gasteiger partial charge is 0.465 e. The standard InChI is InChI=1S/C11H16N2O2/c1-3-10-8(6-15-11(10)14)4-9-5-12-7-13(9)2/h5,7-8,10H,3-4,6H2,1-2H3/t8-,10-/m0/s1/i1D3,4D2,5D,7D. The topological polar surface area (TPSA) is 44.1 Å². The van der Waals surface area contributed by atoms with Crippen LogP contribution >= 0.6 is 0 Å². The molecule has 4 heteroatoms. The molecule has 1 aromatic heterocycles. The lowest BCUT2D eigenvalue weighted by Crippen LogP contribution is -2.18. The van der Waals surface area contributed by atoms with Crippen molar-refractivity contribution in [2.45, 2.75) is 19.6 Å². The van der Waals surface area contributed by atoms with Crippen LogP contribution in [0.3, 0.4) is 0 Å². The second-order valence-corrected chi connectivity index (χ2v) is 3.42. The zero-order chi connectivity index (χ0) is 16.9. The smallest absolute Gasteiger partial charge is 0.309 e. The molecular formula is C11H16N2O2. The molecule has 0 unspecified atom stereocenters. The van der Waals surface area contributed by atoms with Crippen molar-refractivity contribution >= 4 is 5.97 Å². The van der Waals surface area contributed by atoms with Crippen LogP contribution in [0.15, 0.2) is 12.5 Å². The molecule has 1 aliphatic heterocycles. The van der Waals surface area contributed by atoms with Crippen LogP contribution in [0.25, 0.3) is 0 Å². The zero-order valence-electron chi connectivity index (χ0n) is 15.3. The van der Waals surface area contributed by atoms with Crippen LogP contribution in [0.4, 0.5) is 0 Å². The second kappa shape index (κ2) is 4.04. The van der Waals surface area contributed by atoms with Crippen molar-refractivity contribution in [3.63, 3.8) is 0 Å². The summed E-state index contributed by atoms with van der Waals surface area (Å²) < 4.78 is 59.7. The second-order valence-electron chi connectivity index (χ2n) is 3.42. The van der Waals surface area contributed by atoms with Crippen molar-refractivity contribution in [1.82, 2.24) is 9.55 Å². The van der Waals surface area contributed by atoms with Crippen molar-refractivity contribution in [3.05, 3.63) is 18.2 Å². The predicted molar refractivity (Wildman–Crippen MR) is 55.1 cm³/mol. The fourth-order valence-electron chi connectivity index (χ4n) is 1.51. The van der Waals surface area contributed by atoms with E-state index in [1.807, 2.05) is 0 Å². The summed E-state index contributed by atoms with van der Waals surface area (Å²) in [6, 6.07) is 0. The molecule has 1 fully saturated rings. The molecule has 0 radical (unpaired) electrons. The minimum absolute atomic E-state index is 0.156. The van der Waals surface area contributed by atoms with E-state index in [1.54, 1.807) is 0 Å². The summed E-state index contributed by atoms with van der Waals surface area (Å²) in [5.41, 5.74) is -0.156. The third-order valence-corrected chi connectivity index (χ3v) is 2.43. The van der Waals surface area contributed by atoms with Crippen LogP contribution < -0.4 is 0 Å². The number of esters is 1. The third kappa shape index (κ3) is 1.89. The summed E-state index contributed by atoms with van der Waals surface area (Å²) in [7, 11) is 1.40. The van der Waals surface area contributed by atoms with Crippen LogP contribution in [0.5, 0.6) is 0 Å². The van der Waals surface area contributed by atoms with Gasteiger partial charge in [0, 0.05) is 31.7 Å². The Morgan fingerprint density at radius 2 is 2.80 bits per heavy atom. The van der Waals surface area contributed by atoms with Crippen LogP contribution in [0, 0.1) is 11.8 Å². The van der Waals surface area contributed by atoms with Gasteiger partial charge >= 0.3 is 5.97 Å². The molecule has 0 spiro atoms. The Hall–Kier alpha value is -1.32. The molecule has 1 aromatic rings. The number of cyclic esters (lactones) is 1. The molecule has 1 aliphatic rings. The van der Waals surface area contributed by atoms with E-state index in [0.717, 1.165) is 4.57 Å². The zero-order valence-corrected chi connectivity index (χ0v) is 8.28. The lowest BCUT2D eigenvalue weighted by atomic mass is 9.89. The number of ether oxygens (including phenoxy) is 1. The summed E-state index contributed by atoms with van der Waals surface area (Å²) >= 11 is 0. The number of imidazole rings is 1. The van der Waals surface area contributed by atoms with Gasteiger partial charge in [-0.15, -0.1) is 0 Å². The van der Waals surface area contributed by atoms with Gasteiger partial charge in [-0.25, -0.2) is 4.98 Å². The first kappa shape index (κ1) is 4.68. The average Bonchev–Trinajstić information content (AvgIpc) is 2.80. The minimum Gasteiger partial charge on any atom is -0.465 e. The van der Waals surface area contributed by atoms with E-state index in [2.05, 4.69) is 4.98 Å². The van der Waals surface area contributed by atoms with Gasteiger partial charge < -0.3 is 9.30 Å². The molecule has 1 saturated heterocycles. The Morgan fingerprint density at radius 3 is 3.47 bits per heavy atom. The number of carbonyl (C=O) groups is 1. The van der Waals surface area contributed by atoms with Crippen LogP contribution in [0.2, 0.25) is 0 Å². The molecule has 82 valence electrons. The molecule has 2 heterocycles. The van der Waals surface area contributed by atoms with E-state index in [-0.39, 0.29) is 18.6 Å². The van der Waals surface area contributed by atoms with Crippen molar-refractivity contribution in [1.29, 1.82) is 0 Å². The maximum Gasteiger partial charge on any atom is 0.309 e. The third-order valence-electron chi connectivity index (χ3n) is 2.43. The Bertz CT molecular complexity index is 596. The summed E-state index contributed by atoms with van der Waals surface area (Å²) in [4.78, 5) is 15.4. The fraction of sp³-hybridized carbons (Fsp3) is 0.636. The van der Waals surface area contributed by atoms with Gasteiger partial charge in [0.25, 0.3) is 0 Å². The van der Waals surface area contributed by atoms with Crippen molar-refractivity contribution in [2.24, 2.45) is 18.9 Å². The lowest BCUT2D eigenvalue weighted by molar-refractivity contribution is -0.141. The summed E-state index contributed by atoms with van der Waals surface area (Å²) in [6.07, 6.45) is -3.37. The first-order valence-corrected chi connectivity index (χ1v) is 4.62. The summed E-state index contributed by atoms with van der Waals surface area (Å²) in [5.74, 6) is -2.91. The highest BCUT2D eigenvalue weighted by molar-refractivity contribution is 5.74. The van der Waals surface area contributed by atoms with E-state index in [9.17, 15) is 4.79 Å². The van der Waals surface area contributed by atoms with Gasteiger partial charge in [0.1, 0.15) is 1.37 Å². The van der Waals surface area contributed by atoms with E-state index in [1.165, 1.54) is 7.05 Å². The maximum absolute atomic E-state index is 11.8. The molecule has 0 aliphatic carbocycles. The van der Waals surface area contributed by atoms with Gasteiger partial charge in [-0.1, -0.05) is 6.85 Å². The maximum atomic E-state index is 11.8. The molecular weight excluding hydrogens is 192 g/mol. The molecule has 15 heavy (non-hydrogen) atoms. The normalized spacial score (nSPS) is 34.2. The van der Waals surface area contributed by atoms with Crippen LogP contribution in [0.1, 0.15) is 28.6 Å². The van der Waals surface area contributed by atoms with Crippen molar-refractivity contribution in [3.8, 4) is 0 Å². The Balaban J connectivity index is 2.41. The predicted octanol–water partition coefficient (Wildman–Crippen LogP) is 1.16. The first-order valence-electron chi connectivity index (χ1n) is 8.12. The van der Waals surface area contributed by atoms with Gasteiger partial charge in [0.15, 0.2) is 0 Å². The fourth-order valence-corrected chi connectivity index (χ4v) is 1.51. The van der Waals surface area contributed by atoms with Crippen molar-refractivity contribution < 1.29 is 19.1 Å². The van der Waals surface area contributed by atoms with E-state index in [0.29, 0.717) is 0 Å². The molecule has 0 saturated carbocycles.